The summed E-state index contributed by atoms with van der Waals surface area (Å²) in [6.45, 7) is 4.92. The highest BCUT2D eigenvalue weighted by atomic mass is 15.1. The number of hydrogen-bond acceptors (Lipinski definition) is 5. The third-order valence-electron chi connectivity index (χ3n) is 2.77. The van der Waals surface area contributed by atoms with E-state index in [9.17, 15) is 0 Å². The molecule has 2 heterocycles. The highest BCUT2D eigenvalue weighted by molar-refractivity contribution is 5.50. The van der Waals surface area contributed by atoms with Gasteiger partial charge in [0.25, 0.3) is 0 Å². The van der Waals surface area contributed by atoms with E-state index in [1.54, 1.807) is 0 Å². The third-order valence-corrected chi connectivity index (χ3v) is 2.77. The Bertz CT molecular complexity index is 364. The van der Waals surface area contributed by atoms with Gasteiger partial charge in [0.15, 0.2) is 0 Å². The number of anilines is 2. The van der Waals surface area contributed by atoms with Crippen molar-refractivity contribution in [2.45, 2.75) is 32.7 Å². The van der Waals surface area contributed by atoms with E-state index in [0.717, 1.165) is 44.0 Å². The topological polar surface area (TPSA) is 75.9 Å². The molecular weight excluding hydrogens is 202 g/mol. The van der Waals surface area contributed by atoms with Gasteiger partial charge in [0.1, 0.15) is 5.82 Å². The Hall–Kier alpha value is -1.36. The number of unbranched alkanes of at least 4 members (excludes halogenated alkanes) is 1. The standard InChI is InChI=1S/C11H19N5/c1-2-3-5-14-10-8-7-13-6-4-9(8)15-11(12)16-10/h13H,2-7H2,1H3,(H3,12,14,15,16). The molecule has 1 aromatic heterocycles. The Labute approximate surface area is 95.9 Å². The monoisotopic (exact) mass is 221 g/mol. The minimum absolute atomic E-state index is 0.375. The van der Waals surface area contributed by atoms with Gasteiger partial charge in [0.05, 0.1) is 5.69 Å². The Morgan fingerprint density at radius 3 is 3.12 bits per heavy atom. The first-order valence-electron chi connectivity index (χ1n) is 5.91. The van der Waals surface area contributed by atoms with Gasteiger partial charge in [-0.2, -0.15) is 4.98 Å². The normalized spacial score (nSPS) is 14.6. The van der Waals surface area contributed by atoms with E-state index in [4.69, 9.17) is 5.73 Å². The molecule has 2 rings (SSSR count). The average Bonchev–Trinajstić information content (AvgIpc) is 2.29. The van der Waals surface area contributed by atoms with E-state index < -0.39 is 0 Å². The fraction of sp³-hybridized carbons (Fsp3) is 0.636. The van der Waals surface area contributed by atoms with Crippen LogP contribution in [0.5, 0.6) is 0 Å². The highest BCUT2D eigenvalue weighted by Gasteiger charge is 2.16. The Balaban J connectivity index is 2.18. The Morgan fingerprint density at radius 2 is 2.31 bits per heavy atom. The van der Waals surface area contributed by atoms with Crippen LogP contribution < -0.4 is 16.4 Å². The molecule has 0 fully saturated rings. The van der Waals surface area contributed by atoms with Gasteiger partial charge in [0, 0.05) is 31.6 Å². The third kappa shape index (κ3) is 2.41. The van der Waals surface area contributed by atoms with Crippen LogP contribution in [0.3, 0.4) is 0 Å². The molecule has 4 N–H and O–H groups in total. The predicted molar refractivity (Wildman–Crippen MR) is 65.3 cm³/mol. The van der Waals surface area contributed by atoms with Crippen LogP contribution in [0.2, 0.25) is 0 Å². The molecule has 0 atom stereocenters. The number of hydrogen-bond donors (Lipinski definition) is 3. The van der Waals surface area contributed by atoms with Crippen LogP contribution in [0.15, 0.2) is 0 Å². The second-order valence-corrected chi connectivity index (χ2v) is 4.06. The van der Waals surface area contributed by atoms with Crippen LogP contribution in [0.1, 0.15) is 31.0 Å². The van der Waals surface area contributed by atoms with Crippen molar-refractivity contribution >= 4 is 11.8 Å². The van der Waals surface area contributed by atoms with E-state index in [2.05, 4.69) is 27.5 Å². The van der Waals surface area contributed by atoms with Gasteiger partial charge < -0.3 is 16.4 Å². The zero-order valence-corrected chi connectivity index (χ0v) is 9.71. The molecule has 88 valence electrons. The van der Waals surface area contributed by atoms with Crippen LogP contribution in [0.25, 0.3) is 0 Å². The van der Waals surface area contributed by atoms with Crippen molar-refractivity contribution in [3.05, 3.63) is 11.3 Å². The summed E-state index contributed by atoms with van der Waals surface area (Å²) in [5, 5.41) is 6.67. The lowest BCUT2D eigenvalue weighted by atomic mass is 10.1. The molecule has 0 unspecified atom stereocenters. The van der Waals surface area contributed by atoms with Gasteiger partial charge in [-0.05, 0) is 6.42 Å². The molecule has 5 nitrogen and oxygen atoms in total. The summed E-state index contributed by atoms with van der Waals surface area (Å²) >= 11 is 0. The number of nitrogen functional groups attached to an aromatic ring is 1. The van der Waals surface area contributed by atoms with Crippen molar-refractivity contribution in [1.82, 2.24) is 15.3 Å². The summed E-state index contributed by atoms with van der Waals surface area (Å²) in [6.07, 6.45) is 3.25. The Kier molecular flexibility index (Phi) is 3.56. The van der Waals surface area contributed by atoms with Gasteiger partial charge >= 0.3 is 0 Å². The predicted octanol–water partition coefficient (Wildman–Crippen LogP) is 0.916. The maximum atomic E-state index is 5.70. The van der Waals surface area contributed by atoms with E-state index in [-0.39, 0.29) is 0 Å². The molecule has 0 amide bonds. The van der Waals surface area contributed by atoms with E-state index >= 15 is 0 Å². The van der Waals surface area contributed by atoms with Crippen molar-refractivity contribution in [2.24, 2.45) is 0 Å². The van der Waals surface area contributed by atoms with Crippen molar-refractivity contribution in [1.29, 1.82) is 0 Å². The first-order chi connectivity index (χ1) is 7.81. The largest absolute Gasteiger partial charge is 0.370 e. The van der Waals surface area contributed by atoms with Gasteiger partial charge in [0.2, 0.25) is 5.95 Å². The molecule has 1 aliphatic rings. The summed E-state index contributed by atoms with van der Waals surface area (Å²) in [5.41, 5.74) is 7.97. The highest BCUT2D eigenvalue weighted by Crippen LogP contribution is 2.20. The summed E-state index contributed by atoms with van der Waals surface area (Å²) in [6, 6.07) is 0. The number of nitrogens with zero attached hydrogens (tertiary/aromatic N) is 2. The van der Waals surface area contributed by atoms with Crippen LogP contribution in [-0.2, 0) is 13.0 Å². The molecule has 1 aliphatic heterocycles. The van der Waals surface area contributed by atoms with Crippen LogP contribution in [-0.4, -0.2) is 23.1 Å². The molecule has 0 spiro atoms. The maximum Gasteiger partial charge on any atom is 0.222 e. The fourth-order valence-corrected chi connectivity index (χ4v) is 1.89. The zero-order chi connectivity index (χ0) is 11.4. The van der Waals surface area contributed by atoms with Gasteiger partial charge in [-0.25, -0.2) is 4.98 Å². The number of rotatable bonds is 4. The molecule has 0 saturated carbocycles. The smallest absolute Gasteiger partial charge is 0.222 e. The molecule has 16 heavy (non-hydrogen) atoms. The molecule has 0 saturated heterocycles. The Morgan fingerprint density at radius 1 is 1.44 bits per heavy atom. The first-order valence-corrected chi connectivity index (χ1v) is 5.91. The van der Waals surface area contributed by atoms with Crippen molar-refractivity contribution < 1.29 is 0 Å². The lowest BCUT2D eigenvalue weighted by molar-refractivity contribution is 0.628. The minimum Gasteiger partial charge on any atom is -0.370 e. The summed E-state index contributed by atoms with van der Waals surface area (Å²) < 4.78 is 0. The summed E-state index contributed by atoms with van der Waals surface area (Å²) in [4.78, 5) is 8.56. The van der Waals surface area contributed by atoms with Gasteiger partial charge in [-0.1, -0.05) is 13.3 Å². The second kappa shape index (κ2) is 5.12. The minimum atomic E-state index is 0.375. The average molecular weight is 221 g/mol. The molecular formula is C11H19N5. The van der Waals surface area contributed by atoms with Crippen molar-refractivity contribution in [3.63, 3.8) is 0 Å². The molecule has 1 aromatic rings. The van der Waals surface area contributed by atoms with Gasteiger partial charge in [-0.3, -0.25) is 0 Å². The quantitative estimate of drug-likeness (QED) is 0.659. The lowest BCUT2D eigenvalue weighted by Gasteiger charge is -2.19. The van der Waals surface area contributed by atoms with E-state index in [1.807, 2.05) is 0 Å². The molecule has 0 aromatic carbocycles. The SMILES string of the molecule is CCCCNc1nc(N)nc2c1CNCC2. The summed E-state index contributed by atoms with van der Waals surface area (Å²) in [7, 11) is 0. The lowest BCUT2D eigenvalue weighted by Crippen LogP contribution is -2.27. The van der Waals surface area contributed by atoms with Crippen LogP contribution in [0, 0.1) is 0 Å². The number of aromatic nitrogens is 2. The second-order valence-electron chi connectivity index (χ2n) is 4.06. The number of nitrogens with one attached hydrogen (secondary N) is 2. The first kappa shape index (κ1) is 11.1. The number of fused-ring (bicyclic) bond motifs is 1. The molecule has 0 radical (unpaired) electrons. The zero-order valence-electron chi connectivity index (χ0n) is 9.71. The van der Waals surface area contributed by atoms with Crippen molar-refractivity contribution in [3.8, 4) is 0 Å². The molecule has 0 aliphatic carbocycles. The van der Waals surface area contributed by atoms with Crippen LogP contribution in [0.4, 0.5) is 11.8 Å². The van der Waals surface area contributed by atoms with E-state index in [0.29, 0.717) is 5.95 Å². The van der Waals surface area contributed by atoms with Gasteiger partial charge in [-0.15, -0.1) is 0 Å². The van der Waals surface area contributed by atoms with Crippen molar-refractivity contribution in [2.75, 3.05) is 24.1 Å². The number of nitrogens with two attached hydrogens (primary N) is 1. The fourth-order valence-electron chi connectivity index (χ4n) is 1.89. The van der Waals surface area contributed by atoms with E-state index in [1.165, 1.54) is 12.0 Å². The molecule has 5 heteroatoms. The maximum absolute atomic E-state index is 5.70. The van der Waals surface area contributed by atoms with Crippen LogP contribution >= 0.6 is 0 Å². The molecule has 0 bridgehead atoms. The summed E-state index contributed by atoms with van der Waals surface area (Å²) in [5.74, 6) is 1.28.